The maximum absolute atomic E-state index is 12.0. The molecule has 82 valence electrons. The van der Waals surface area contributed by atoms with Gasteiger partial charge in [0, 0.05) is 24.2 Å². The van der Waals surface area contributed by atoms with Gasteiger partial charge < -0.3 is 10.1 Å². The first-order chi connectivity index (χ1) is 7.11. The van der Waals surface area contributed by atoms with Crippen molar-refractivity contribution in [1.29, 1.82) is 0 Å². The molecular weight excluding hydrogens is 193 g/mol. The standard InChI is InChI=1S/C12H16FNO/c1-12(2)8-9-7-10(14-6-5-13)3-4-11(9)15-12/h3-4,7,14H,5-6,8H2,1-2H3. The molecule has 0 spiro atoms. The van der Waals surface area contributed by atoms with E-state index in [1.165, 1.54) is 5.56 Å². The Morgan fingerprint density at radius 3 is 3.00 bits per heavy atom. The van der Waals surface area contributed by atoms with E-state index in [1.807, 2.05) is 18.2 Å². The highest BCUT2D eigenvalue weighted by molar-refractivity contribution is 5.53. The minimum atomic E-state index is -0.348. The summed E-state index contributed by atoms with van der Waals surface area (Å²) in [6, 6.07) is 5.92. The lowest BCUT2D eigenvalue weighted by atomic mass is 10.0. The number of hydrogen-bond acceptors (Lipinski definition) is 2. The number of halogens is 1. The zero-order chi connectivity index (χ0) is 10.9. The van der Waals surface area contributed by atoms with Gasteiger partial charge >= 0.3 is 0 Å². The Labute approximate surface area is 89.4 Å². The van der Waals surface area contributed by atoms with Crippen LogP contribution < -0.4 is 10.1 Å². The summed E-state index contributed by atoms with van der Waals surface area (Å²) >= 11 is 0. The van der Waals surface area contributed by atoms with Crippen LogP contribution in [0.25, 0.3) is 0 Å². The summed E-state index contributed by atoms with van der Waals surface area (Å²) in [5.74, 6) is 0.950. The number of anilines is 1. The minimum Gasteiger partial charge on any atom is -0.487 e. The highest BCUT2D eigenvalue weighted by Crippen LogP contribution is 2.36. The zero-order valence-electron chi connectivity index (χ0n) is 9.14. The number of nitrogens with one attached hydrogen (secondary N) is 1. The molecule has 0 unspecified atom stereocenters. The number of hydrogen-bond donors (Lipinski definition) is 1. The lowest BCUT2D eigenvalue weighted by Crippen LogP contribution is -2.24. The van der Waals surface area contributed by atoms with Gasteiger partial charge in [-0.05, 0) is 32.0 Å². The molecule has 0 aliphatic carbocycles. The van der Waals surface area contributed by atoms with Crippen LogP contribution in [-0.4, -0.2) is 18.8 Å². The normalized spacial score (nSPS) is 17.0. The molecule has 0 aromatic heterocycles. The van der Waals surface area contributed by atoms with E-state index in [9.17, 15) is 4.39 Å². The summed E-state index contributed by atoms with van der Waals surface area (Å²) in [6.45, 7) is 4.16. The summed E-state index contributed by atoms with van der Waals surface area (Å²) in [7, 11) is 0. The van der Waals surface area contributed by atoms with Gasteiger partial charge in [-0.1, -0.05) is 0 Å². The van der Waals surface area contributed by atoms with Gasteiger partial charge in [0.05, 0.1) is 0 Å². The molecule has 0 radical (unpaired) electrons. The van der Waals surface area contributed by atoms with E-state index in [0.717, 1.165) is 17.9 Å². The molecule has 1 aliphatic rings. The molecular formula is C12H16FNO. The molecule has 2 nitrogen and oxygen atoms in total. The summed E-state index contributed by atoms with van der Waals surface area (Å²) < 4.78 is 17.7. The van der Waals surface area contributed by atoms with Gasteiger partial charge in [-0.15, -0.1) is 0 Å². The van der Waals surface area contributed by atoms with Gasteiger partial charge in [-0.2, -0.15) is 0 Å². The maximum atomic E-state index is 12.0. The Morgan fingerprint density at radius 2 is 2.27 bits per heavy atom. The van der Waals surface area contributed by atoms with Gasteiger partial charge in [0.25, 0.3) is 0 Å². The third-order valence-corrected chi connectivity index (χ3v) is 2.49. The Kier molecular flexibility index (Phi) is 2.55. The smallest absolute Gasteiger partial charge is 0.123 e. The van der Waals surface area contributed by atoms with E-state index in [-0.39, 0.29) is 12.3 Å². The van der Waals surface area contributed by atoms with Crippen molar-refractivity contribution in [2.45, 2.75) is 25.9 Å². The lowest BCUT2D eigenvalue weighted by molar-refractivity contribution is 0.138. The third kappa shape index (κ3) is 2.22. The second-order valence-electron chi connectivity index (χ2n) is 4.48. The lowest BCUT2D eigenvalue weighted by Gasteiger charge is -2.16. The quantitative estimate of drug-likeness (QED) is 0.826. The summed E-state index contributed by atoms with van der Waals surface area (Å²) in [5.41, 5.74) is 2.05. The molecule has 1 aliphatic heterocycles. The molecule has 1 aromatic carbocycles. The van der Waals surface area contributed by atoms with Crippen LogP contribution in [0.1, 0.15) is 19.4 Å². The second kappa shape index (κ2) is 3.72. The summed E-state index contributed by atoms with van der Waals surface area (Å²) in [4.78, 5) is 0. The Hall–Kier alpha value is -1.25. The first-order valence-electron chi connectivity index (χ1n) is 5.22. The van der Waals surface area contributed by atoms with E-state index in [2.05, 4.69) is 19.2 Å². The van der Waals surface area contributed by atoms with Crippen LogP contribution in [-0.2, 0) is 6.42 Å². The number of benzene rings is 1. The zero-order valence-corrected chi connectivity index (χ0v) is 9.14. The SMILES string of the molecule is CC1(C)Cc2cc(NCCF)ccc2O1. The predicted octanol–water partition coefficient (Wildman–Crippen LogP) is 2.78. The number of ether oxygens (including phenoxy) is 1. The van der Waals surface area contributed by atoms with Gasteiger partial charge in [0.1, 0.15) is 18.0 Å². The molecule has 0 fully saturated rings. The highest BCUT2D eigenvalue weighted by Gasteiger charge is 2.29. The Morgan fingerprint density at radius 1 is 1.47 bits per heavy atom. The van der Waals surface area contributed by atoms with Crippen LogP contribution >= 0.6 is 0 Å². The molecule has 0 atom stereocenters. The fraction of sp³-hybridized carbons (Fsp3) is 0.500. The van der Waals surface area contributed by atoms with Gasteiger partial charge in [0.2, 0.25) is 0 Å². The van der Waals surface area contributed by atoms with Crippen molar-refractivity contribution >= 4 is 5.69 Å². The molecule has 0 saturated heterocycles. The Bertz CT molecular complexity index is 363. The molecule has 0 amide bonds. The van der Waals surface area contributed by atoms with Crippen molar-refractivity contribution < 1.29 is 9.13 Å². The molecule has 0 bridgehead atoms. The predicted molar refractivity (Wildman–Crippen MR) is 59.3 cm³/mol. The van der Waals surface area contributed by atoms with Gasteiger partial charge in [-0.25, -0.2) is 4.39 Å². The van der Waals surface area contributed by atoms with Crippen LogP contribution in [0, 0.1) is 0 Å². The average molecular weight is 209 g/mol. The molecule has 1 aromatic rings. The number of fused-ring (bicyclic) bond motifs is 1. The van der Waals surface area contributed by atoms with Crippen molar-refractivity contribution in [3.8, 4) is 5.75 Å². The molecule has 0 saturated carbocycles. The summed E-state index contributed by atoms with van der Waals surface area (Å²) in [6.07, 6.45) is 0.910. The monoisotopic (exact) mass is 209 g/mol. The highest BCUT2D eigenvalue weighted by atomic mass is 19.1. The van der Waals surface area contributed by atoms with Gasteiger partial charge in [-0.3, -0.25) is 0 Å². The average Bonchev–Trinajstić information content (AvgIpc) is 2.47. The fourth-order valence-electron chi connectivity index (χ4n) is 1.91. The van der Waals surface area contributed by atoms with E-state index in [0.29, 0.717) is 6.54 Å². The topological polar surface area (TPSA) is 21.3 Å². The van der Waals surface area contributed by atoms with Crippen LogP contribution in [0.4, 0.5) is 10.1 Å². The van der Waals surface area contributed by atoms with E-state index in [4.69, 9.17) is 4.74 Å². The van der Waals surface area contributed by atoms with Crippen molar-refractivity contribution in [1.82, 2.24) is 0 Å². The first-order valence-corrected chi connectivity index (χ1v) is 5.22. The second-order valence-corrected chi connectivity index (χ2v) is 4.48. The van der Waals surface area contributed by atoms with Crippen LogP contribution in [0.2, 0.25) is 0 Å². The minimum absolute atomic E-state index is 0.110. The molecule has 1 N–H and O–H groups in total. The summed E-state index contributed by atoms with van der Waals surface area (Å²) in [5, 5.41) is 3.02. The van der Waals surface area contributed by atoms with Crippen molar-refractivity contribution in [3.63, 3.8) is 0 Å². The van der Waals surface area contributed by atoms with E-state index in [1.54, 1.807) is 0 Å². The van der Waals surface area contributed by atoms with Crippen molar-refractivity contribution in [2.24, 2.45) is 0 Å². The molecule has 2 rings (SSSR count). The molecule has 1 heterocycles. The molecule has 15 heavy (non-hydrogen) atoms. The molecule has 3 heteroatoms. The number of rotatable bonds is 3. The largest absolute Gasteiger partial charge is 0.487 e. The van der Waals surface area contributed by atoms with Crippen LogP contribution in [0.15, 0.2) is 18.2 Å². The van der Waals surface area contributed by atoms with Gasteiger partial charge in [0.15, 0.2) is 0 Å². The first kappa shape index (κ1) is 10.3. The van der Waals surface area contributed by atoms with Crippen LogP contribution in [0.3, 0.4) is 0 Å². The van der Waals surface area contributed by atoms with E-state index >= 15 is 0 Å². The van der Waals surface area contributed by atoms with Crippen molar-refractivity contribution in [2.75, 3.05) is 18.5 Å². The fourth-order valence-corrected chi connectivity index (χ4v) is 1.91. The van der Waals surface area contributed by atoms with Crippen molar-refractivity contribution in [3.05, 3.63) is 23.8 Å². The van der Waals surface area contributed by atoms with Crippen LogP contribution in [0.5, 0.6) is 5.75 Å². The van der Waals surface area contributed by atoms with E-state index < -0.39 is 0 Å². The third-order valence-electron chi connectivity index (χ3n) is 2.49. The Balaban J connectivity index is 2.15. The maximum Gasteiger partial charge on any atom is 0.123 e. The number of alkyl halides is 1.